The molecule has 3 N–H and O–H groups in total. The van der Waals surface area contributed by atoms with E-state index in [1.807, 2.05) is 24.3 Å². The van der Waals surface area contributed by atoms with Crippen molar-refractivity contribution in [1.82, 2.24) is 0 Å². The van der Waals surface area contributed by atoms with Crippen molar-refractivity contribution in [3.8, 4) is 5.75 Å². The van der Waals surface area contributed by atoms with E-state index in [0.29, 0.717) is 16.9 Å². The average Bonchev–Trinajstić information content (AvgIpc) is 2.25. The zero-order chi connectivity index (χ0) is 14.1. The van der Waals surface area contributed by atoms with Gasteiger partial charge in [-0.2, -0.15) is 0 Å². The number of anilines is 1. The van der Waals surface area contributed by atoms with Crippen LogP contribution in [0.1, 0.15) is 47.0 Å². The number of hydrogen-bond donors (Lipinski definition) is 2. The highest BCUT2D eigenvalue weighted by atomic mass is 35.5. The molecule has 4 heteroatoms. The molecule has 1 aliphatic carbocycles. The third-order valence-electron chi connectivity index (χ3n) is 3.84. The van der Waals surface area contributed by atoms with Crippen molar-refractivity contribution in [3.05, 3.63) is 24.3 Å². The van der Waals surface area contributed by atoms with Crippen LogP contribution in [0, 0.1) is 10.8 Å². The molecule has 0 aliphatic heterocycles. The van der Waals surface area contributed by atoms with Crippen molar-refractivity contribution in [3.63, 3.8) is 0 Å². The highest BCUT2D eigenvalue weighted by Gasteiger charge is 2.39. The molecule has 0 spiro atoms. The van der Waals surface area contributed by atoms with Crippen LogP contribution in [0.15, 0.2) is 24.3 Å². The number of halogens is 1. The standard InChI is InChI=1S/C16H26N2O.ClH/c1-15(2)9-14(10-16(3,4)11-15)19-13-7-5-12(18-17)6-8-13;/h5-8,14,18H,9-11,17H2,1-4H3;1H. The van der Waals surface area contributed by atoms with E-state index in [2.05, 4.69) is 33.1 Å². The first-order chi connectivity index (χ1) is 8.80. The Morgan fingerprint density at radius 2 is 1.55 bits per heavy atom. The number of hydrazine groups is 1. The summed E-state index contributed by atoms with van der Waals surface area (Å²) < 4.78 is 6.16. The summed E-state index contributed by atoms with van der Waals surface area (Å²) >= 11 is 0. The molecule has 0 aromatic heterocycles. The van der Waals surface area contributed by atoms with Gasteiger partial charge in [-0.3, -0.25) is 5.84 Å². The minimum absolute atomic E-state index is 0. The minimum atomic E-state index is 0. The Bertz CT molecular complexity index is 413. The van der Waals surface area contributed by atoms with Gasteiger partial charge in [0.2, 0.25) is 0 Å². The summed E-state index contributed by atoms with van der Waals surface area (Å²) in [5.41, 5.74) is 4.23. The van der Waals surface area contributed by atoms with Crippen molar-refractivity contribution in [2.24, 2.45) is 16.7 Å². The lowest BCUT2D eigenvalue weighted by Gasteiger charge is -2.44. The van der Waals surface area contributed by atoms with Gasteiger partial charge in [0.15, 0.2) is 0 Å². The summed E-state index contributed by atoms with van der Waals surface area (Å²) in [6, 6.07) is 7.83. The molecule has 0 atom stereocenters. The molecule has 3 nitrogen and oxygen atoms in total. The molecule has 1 aliphatic rings. The quantitative estimate of drug-likeness (QED) is 0.643. The minimum Gasteiger partial charge on any atom is -0.490 e. The Balaban J connectivity index is 0.00000200. The maximum atomic E-state index is 6.16. The van der Waals surface area contributed by atoms with Crippen LogP contribution in [0.5, 0.6) is 5.75 Å². The zero-order valence-electron chi connectivity index (χ0n) is 12.9. The molecule has 0 radical (unpaired) electrons. The van der Waals surface area contributed by atoms with E-state index in [1.54, 1.807) is 0 Å². The number of benzene rings is 1. The van der Waals surface area contributed by atoms with Crippen LogP contribution < -0.4 is 16.0 Å². The van der Waals surface area contributed by atoms with E-state index in [-0.39, 0.29) is 12.4 Å². The van der Waals surface area contributed by atoms with E-state index in [0.717, 1.165) is 24.3 Å². The molecule has 0 unspecified atom stereocenters. The first-order valence-corrected chi connectivity index (χ1v) is 7.03. The third-order valence-corrected chi connectivity index (χ3v) is 3.84. The molecular formula is C16H27ClN2O. The van der Waals surface area contributed by atoms with Gasteiger partial charge < -0.3 is 10.2 Å². The van der Waals surface area contributed by atoms with Gasteiger partial charge >= 0.3 is 0 Å². The predicted molar refractivity (Wildman–Crippen MR) is 87.3 cm³/mol. The van der Waals surface area contributed by atoms with Crippen LogP contribution in [-0.4, -0.2) is 6.10 Å². The fraction of sp³-hybridized carbons (Fsp3) is 0.625. The molecule has 114 valence electrons. The van der Waals surface area contributed by atoms with Gasteiger partial charge in [0.25, 0.3) is 0 Å². The lowest BCUT2D eigenvalue weighted by atomic mass is 9.64. The molecule has 1 saturated carbocycles. The van der Waals surface area contributed by atoms with Crippen molar-refractivity contribution >= 4 is 18.1 Å². The van der Waals surface area contributed by atoms with E-state index in [4.69, 9.17) is 10.6 Å². The van der Waals surface area contributed by atoms with Crippen LogP contribution in [0.2, 0.25) is 0 Å². The second-order valence-corrected chi connectivity index (χ2v) is 7.32. The van der Waals surface area contributed by atoms with Crippen LogP contribution >= 0.6 is 12.4 Å². The van der Waals surface area contributed by atoms with E-state index in [1.165, 1.54) is 6.42 Å². The predicted octanol–water partition coefficient (Wildman–Crippen LogP) is 4.38. The molecule has 0 saturated heterocycles. The fourth-order valence-electron chi connectivity index (χ4n) is 3.65. The topological polar surface area (TPSA) is 47.3 Å². The second-order valence-electron chi connectivity index (χ2n) is 7.32. The largest absolute Gasteiger partial charge is 0.490 e. The summed E-state index contributed by atoms with van der Waals surface area (Å²) in [5, 5.41) is 0. The van der Waals surface area contributed by atoms with Crippen LogP contribution in [-0.2, 0) is 0 Å². The Labute approximate surface area is 128 Å². The average molecular weight is 299 g/mol. The molecule has 20 heavy (non-hydrogen) atoms. The van der Waals surface area contributed by atoms with E-state index in [9.17, 15) is 0 Å². The number of nitrogen functional groups attached to an aromatic ring is 1. The zero-order valence-corrected chi connectivity index (χ0v) is 13.7. The number of nitrogens with one attached hydrogen (secondary N) is 1. The lowest BCUT2D eigenvalue weighted by Crippen LogP contribution is -2.39. The Morgan fingerprint density at radius 3 is 2.00 bits per heavy atom. The Morgan fingerprint density at radius 1 is 1.05 bits per heavy atom. The highest BCUT2D eigenvalue weighted by Crippen LogP contribution is 2.46. The van der Waals surface area contributed by atoms with Gasteiger partial charge in [0.05, 0.1) is 6.10 Å². The molecule has 1 fully saturated rings. The normalized spacial score (nSPS) is 20.9. The van der Waals surface area contributed by atoms with Crippen molar-refractivity contribution in [1.29, 1.82) is 0 Å². The number of hydrogen-bond acceptors (Lipinski definition) is 3. The van der Waals surface area contributed by atoms with Gasteiger partial charge in [-0.1, -0.05) is 27.7 Å². The first-order valence-electron chi connectivity index (χ1n) is 7.03. The Kier molecular flexibility index (Phi) is 5.33. The Hall–Kier alpha value is -0.930. The van der Waals surface area contributed by atoms with E-state index < -0.39 is 0 Å². The second kappa shape index (κ2) is 6.23. The monoisotopic (exact) mass is 298 g/mol. The van der Waals surface area contributed by atoms with Crippen LogP contribution in [0.3, 0.4) is 0 Å². The SMILES string of the molecule is CC1(C)CC(Oc2ccc(NN)cc2)CC(C)(C)C1.Cl. The molecule has 0 heterocycles. The third kappa shape index (κ3) is 4.57. The van der Waals surface area contributed by atoms with E-state index >= 15 is 0 Å². The van der Waals surface area contributed by atoms with Gasteiger partial charge in [-0.25, -0.2) is 0 Å². The smallest absolute Gasteiger partial charge is 0.119 e. The molecular weight excluding hydrogens is 272 g/mol. The number of ether oxygens (including phenoxy) is 1. The van der Waals surface area contributed by atoms with Gasteiger partial charge in [-0.05, 0) is 54.4 Å². The van der Waals surface area contributed by atoms with Crippen LogP contribution in [0.25, 0.3) is 0 Å². The van der Waals surface area contributed by atoms with Crippen molar-refractivity contribution in [2.75, 3.05) is 5.43 Å². The van der Waals surface area contributed by atoms with Crippen molar-refractivity contribution in [2.45, 2.75) is 53.1 Å². The summed E-state index contributed by atoms with van der Waals surface area (Å²) in [4.78, 5) is 0. The van der Waals surface area contributed by atoms with Gasteiger partial charge in [-0.15, -0.1) is 12.4 Å². The maximum Gasteiger partial charge on any atom is 0.119 e. The van der Waals surface area contributed by atoms with Crippen molar-refractivity contribution < 1.29 is 4.74 Å². The molecule has 2 rings (SSSR count). The summed E-state index contributed by atoms with van der Waals surface area (Å²) in [5.74, 6) is 6.29. The highest BCUT2D eigenvalue weighted by molar-refractivity contribution is 5.85. The maximum absolute atomic E-state index is 6.16. The molecule has 1 aromatic carbocycles. The summed E-state index contributed by atoms with van der Waals surface area (Å²) in [6.45, 7) is 9.36. The summed E-state index contributed by atoms with van der Waals surface area (Å²) in [7, 11) is 0. The van der Waals surface area contributed by atoms with Gasteiger partial charge in [0.1, 0.15) is 5.75 Å². The van der Waals surface area contributed by atoms with Crippen LogP contribution in [0.4, 0.5) is 5.69 Å². The summed E-state index contributed by atoms with van der Waals surface area (Å²) in [6.07, 6.45) is 3.80. The fourth-order valence-corrected chi connectivity index (χ4v) is 3.65. The number of nitrogens with two attached hydrogens (primary N) is 1. The van der Waals surface area contributed by atoms with Gasteiger partial charge in [0, 0.05) is 5.69 Å². The molecule has 0 amide bonds. The molecule has 0 bridgehead atoms. The number of rotatable bonds is 3. The lowest BCUT2D eigenvalue weighted by molar-refractivity contribution is 0.0134. The molecule has 1 aromatic rings. The first kappa shape index (κ1) is 17.1.